The molecule has 2 aliphatic rings. The number of nitrogens with zero attached hydrogens (tertiary/aromatic N) is 2. The summed E-state index contributed by atoms with van der Waals surface area (Å²) in [4.78, 5) is 26.3. The van der Waals surface area contributed by atoms with Crippen LogP contribution >= 0.6 is 0 Å². The van der Waals surface area contributed by atoms with E-state index in [1.165, 1.54) is 13.0 Å². The Balaban J connectivity index is 2.12. The molecule has 0 N–H and O–H groups in total. The van der Waals surface area contributed by atoms with Crippen LogP contribution in [-0.4, -0.2) is 41.6 Å². The number of nitriles is 1. The Morgan fingerprint density at radius 1 is 1.43 bits per heavy atom. The Hall–Kier alpha value is -3.01. The molecule has 28 heavy (non-hydrogen) atoms. The maximum Gasteiger partial charge on any atom is 0.303 e. The average molecular weight is 384 g/mol. The number of carbonyl (C=O) groups excluding carboxylic acids is 2. The van der Waals surface area contributed by atoms with Crippen molar-refractivity contribution in [3.05, 3.63) is 41.2 Å². The molecule has 7 heteroatoms. The van der Waals surface area contributed by atoms with Crippen LogP contribution in [0.2, 0.25) is 0 Å². The summed E-state index contributed by atoms with van der Waals surface area (Å²) in [6.45, 7) is 7.72. The van der Waals surface area contributed by atoms with Gasteiger partial charge >= 0.3 is 5.97 Å². The molecular weight excluding hydrogens is 360 g/mol. The topological polar surface area (TPSA) is 88.9 Å². The summed E-state index contributed by atoms with van der Waals surface area (Å²) < 4.78 is 17.4. The molecule has 2 heterocycles. The van der Waals surface area contributed by atoms with Crippen LogP contribution in [0.15, 0.2) is 30.0 Å². The third kappa shape index (κ3) is 3.42. The second-order valence-corrected chi connectivity index (χ2v) is 7.12. The van der Waals surface area contributed by atoms with Crippen molar-refractivity contribution in [1.29, 1.82) is 5.26 Å². The Morgan fingerprint density at radius 2 is 2.18 bits per heavy atom. The van der Waals surface area contributed by atoms with Gasteiger partial charge in [0.05, 0.1) is 24.8 Å². The Bertz CT molecular complexity index is 872. The van der Waals surface area contributed by atoms with Gasteiger partial charge < -0.3 is 19.1 Å². The lowest BCUT2D eigenvalue weighted by atomic mass is 9.82. The Labute approximate surface area is 164 Å². The van der Waals surface area contributed by atoms with Crippen molar-refractivity contribution in [2.45, 2.75) is 51.9 Å². The van der Waals surface area contributed by atoms with Crippen molar-refractivity contribution >= 4 is 11.9 Å². The first-order valence-electron chi connectivity index (χ1n) is 9.37. The van der Waals surface area contributed by atoms with Crippen molar-refractivity contribution in [2.24, 2.45) is 0 Å². The van der Waals surface area contributed by atoms with Crippen LogP contribution in [0.5, 0.6) is 5.75 Å². The summed E-state index contributed by atoms with van der Waals surface area (Å²) in [7, 11) is 0. The van der Waals surface area contributed by atoms with E-state index in [2.05, 4.69) is 6.07 Å². The standard InChI is InChI=1S/C21H24N2O5/c1-5-21(4)20(27-13(3)24)19(23-12-15(26-6-2)10-18(23)25)16-9-14(11-22)7-8-17(16)28-21/h7-10,19-20H,5-6,12H2,1-4H3/t19?,20-,21+/m1/s1. The van der Waals surface area contributed by atoms with E-state index in [1.54, 1.807) is 23.1 Å². The van der Waals surface area contributed by atoms with Crippen molar-refractivity contribution in [3.63, 3.8) is 0 Å². The zero-order chi connectivity index (χ0) is 20.5. The molecule has 0 radical (unpaired) electrons. The molecule has 0 aromatic heterocycles. The van der Waals surface area contributed by atoms with Gasteiger partial charge in [0, 0.05) is 18.6 Å². The van der Waals surface area contributed by atoms with Crippen LogP contribution in [0, 0.1) is 11.3 Å². The molecule has 3 rings (SSSR count). The van der Waals surface area contributed by atoms with Gasteiger partial charge in [0.2, 0.25) is 0 Å². The molecule has 7 nitrogen and oxygen atoms in total. The van der Waals surface area contributed by atoms with Gasteiger partial charge in [-0.3, -0.25) is 9.59 Å². The highest BCUT2D eigenvalue weighted by atomic mass is 16.6. The third-order valence-electron chi connectivity index (χ3n) is 5.24. The lowest BCUT2D eigenvalue weighted by molar-refractivity contribution is -0.173. The number of rotatable bonds is 5. The highest BCUT2D eigenvalue weighted by Crippen LogP contribution is 2.47. The smallest absolute Gasteiger partial charge is 0.303 e. The molecule has 1 aromatic carbocycles. The summed E-state index contributed by atoms with van der Waals surface area (Å²) >= 11 is 0. The molecule has 0 bridgehead atoms. The number of hydrogen-bond donors (Lipinski definition) is 0. The summed E-state index contributed by atoms with van der Waals surface area (Å²) in [6.07, 6.45) is 1.30. The van der Waals surface area contributed by atoms with Crippen LogP contribution in [0.3, 0.4) is 0 Å². The Kier molecular flexibility index (Phi) is 5.32. The van der Waals surface area contributed by atoms with E-state index in [0.29, 0.717) is 35.7 Å². The van der Waals surface area contributed by atoms with Gasteiger partial charge in [-0.1, -0.05) is 6.92 Å². The predicted molar refractivity (Wildman–Crippen MR) is 100 cm³/mol. The van der Waals surface area contributed by atoms with E-state index in [4.69, 9.17) is 14.2 Å². The minimum atomic E-state index is -0.827. The first-order valence-corrected chi connectivity index (χ1v) is 9.37. The highest BCUT2D eigenvalue weighted by molar-refractivity contribution is 5.91. The van der Waals surface area contributed by atoms with Crippen molar-refractivity contribution in [2.75, 3.05) is 13.2 Å². The summed E-state index contributed by atoms with van der Waals surface area (Å²) in [6, 6.07) is 6.62. The van der Waals surface area contributed by atoms with Gasteiger partial charge in [-0.25, -0.2) is 0 Å². The van der Waals surface area contributed by atoms with E-state index in [1.807, 2.05) is 20.8 Å². The normalized spacial score (nSPS) is 26.0. The van der Waals surface area contributed by atoms with E-state index in [-0.39, 0.29) is 12.5 Å². The molecular formula is C21H24N2O5. The lowest BCUT2D eigenvalue weighted by Crippen LogP contribution is -2.57. The van der Waals surface area contributed by atoms with Crippen LogP contribution < -0.4 is 4.74 Å². The number of amides is 1. The second kappa shape index (κ2) is 7.55. The average Bonchev–Trinajstić information content (AvgIpc) is 3.02. The van der Waals surface area contributed by atoms with E-state index >= 15 is 0 Å². The van der Waals surface area contributed by atoms with E-state index < -0.39 is 23.7 Å². The molecule has 1 unspecified atom stereocenters. The lowest BCUT2D eigenvalue weighted by Gasteiger charge is -2.48. The van der Waals surface area contributed by atoms with Crippen LogP contribution in [0.25, 0.3) is 0 Å². The molecule has 0 spiro atoms. The van der Waals surface area contributed by atoms with Crippen LogP contribution in [0.1, 0.15) is 51.3 Å². The molecule has 148 valence electrons. The van der Waals surface area contributed by atoms with Crippen molar-refractivity contribution < 1.29 is 23.8 Å². The fraction of sp³-hybridized carbons (Fsp3) is 0.476. The highest BCUT2D eigenvalue weighted by Gasteiger charge is 2.52. The molecule has 0 fully saturated rings. The first kappa shape index (κ1) is 19.7. The van der Waals surface area contributed by atoms with Crippen LogP contribution in [0.4, 0.5) is 0 Å². The zero-order valence-corrected chi connectivity index (χ0v) is 16.5. The minimum Gasteiger partial charge on any atom is -0.496 e. The molecule has 1 aromatic rings. The van der Waals surface area contributed by atoms with Gasteiger partial charge in [-0.05, 0) is 38.5 Å². The first-order chi connectivity index (χ1) is 13.3. The van der Waals surface area contributed by atoms with Crippen molar-refractivity contribution in [1.82, 2.24) is 4.90 Å². The Morgan fingerprint density at radius 3 is 2.79 bits per heavy atom. The second-order valence-electron chi connectivity index (χ2n) is 7.12. The van der Waals surface area contributed by atoms with Crippen LogP contribution in [-0.2, 0) is 19.1 Å². The minimum absolute atomic E-state index is 0.223. The SMILES string of the molecule is CCOC1=CC(=O)N(C2c3cc(C#N)ccc3O[C@@](C)(CC)[C@@H]2OC(C)=O)C1. The van der Waals surface area contributed by atoms with Crippen molar-refractivity contribution in [3.8, 4) is 11.8 Å². The molecule has 0 saturated carbocycles. The molecule has 3 atom stereocenters. The maximum atomic E-state index is 12.8. The van der Waals surface area contributed by atoms with Gasteiger partial charge in [-0.15, -0.1) is 0 Å². The van der Waals surface area contributed by atoms with E-state index in [0.717, 1.165) is 0 Å². The number of hydrogen-bond acceptors (Lipinski definition) is 6. The summed E-state index contributed by atoms with van der Waals surface area (Å²) in [5, 5.41) is 9.33. The fourth-order valence-corrected chi connectivity index (χ4v) is 3.74. The number of benzene rings is 1. The summed E-state index contributed by atoms with van der Waals surface area (Å²) in [5.74, 6) is 0.466. The molecule has 0 saturated heterocycles. The third-order valence-corrected chi connectivity index (χ3v) is 5.24. The molecule has 2 aliphatic heterocycles. The quantitative estimate of drug-likeness (QED) is 0.725. The monoisotopic (exact) mass is 384 g/mol. The largest absolute Gasteiger partial charge is 0.496 e. The fourth-order valence-electron chi connectivity index (χ4n) is 3.74. The van der Waals surface area contributed by atoms with Gasteiger partial charge in [0.15, 0.2) is 6.10 Å². The number of fused-ring (bicyclic) bond motifs is 1. The van der Waals surface area contributed by atoms with Gasteiger partial charge in [0.25, 0.3) is 5.91 Å². The van der Waals surface area contributed by atoms with E-state index in [9.17, 15) is 14.9 Å². The predicted octanol–water partition coefficient (Wildman–Crippen LogP) is 2.85. The number of esters is 1. The van der Waals surface area contributed by atoms with Gasteiger partial charge in [0.1, 0.15) is 23.2 Å². The molecule has 1 amide bonds. The molecule has 0 aliphatic carbocycles. The van der Waals surface area contributed by atoms with Gasteiger partial charge in [-0.2, -0.15) is 5.26 Å². The number of ether oxygens (including phenoxy) is 3. The maximum absolute atomic E-state index is 12.8. The zero-order valence-electron chi connectivity index (χ0n) is 16.5. The number of carbonyl (C=O) groups is 2. The summed E-state index contributed by atoms with van der Waals surface area (Å²) in [5.41, 5.74) is 0.265.